The fourth-order valence-electron chi connectivity index (χ4n) is 2.52. The van der Waals surface area contributed by atoms with Crippen LogP contribution in [0.5, 0.6) is 0 Å². The van der Waals surface area contributed by atoms with Gasteiger partial charge in [0.25, 0.3) is 5.91 Å². The van der Waals surface area contributed by atoms with Crippen molar-refractivity contribution in [3.05, 3.63) is 79.3 Å². The maximum atomic E-state index is 12.3. The second-order valence-electron chi connectivity index (χ2n) is 5.91. The molecule has 1 aliphatic rings. The number of halogens is 4. The van der Waals surface area contributed by atoms with E-state index in [9.17, 15) is 4.79 Å². The molecular weight excluding hydrogens is 474 g/mol. The quantitative estimate of drug-likeness (QED) is 0.393. The fraction of sp³-hybridized carbons (Fsp3) is 0. The first kappa shape index (κ1) is 20.4. The molecule has 1 fully saturated rings. The molecule has 1 amide bonds. The third kappa shape index (κ3) is 4.65. The minimum atomic E-state index is -0.263. The summed E-state index contributed by atoms with van der Waals surface area (Å²) in [7, 11) is 0. The summed E-state index contributed by atoms with van der Waals surface area (Å²) in [5.74, 6) is 0.879. The Hall–Kier alpha value is -1.89. The molecule has 4 nitrogen and oxygen atoms in total. The zero-order chi connectivity index (χ0) is 20.5. The van der Waals surface area contributed by atoms with Crippen molar-refractivity contribution in [1.29, 1.82) is 0 Å². The topological polar surface area (TPSA) is 54.6 Å². The number of carbonyl (C=O) groups excluding carboxylic acids is 1. The minimum absolute atomic E-state index is 0.263. The van der Waals surface area contributed by atoms with Gasteiger partial charge in [-0.25, -0.2) is 4.99 Å². The SMILES string of the molecule is O=C1NC(=Nc2ccc(Cl)c(Cl)c2)S/C1=C/c1ccc(-c2ccc(Cl)c(Cl)c2)o1. The van der Waals surface area contributed by atoms with Gasteiger partial charge in [-0.2, -0.15) is 0 Å². The van der Waals surface area contributed by atoms with Gasteiger partial charge in [0.15, 0.2) is 5.17 Å². The Morgan fingerprint density at radius 2 is 1.62 bits per heavy atom. The number of amidine groups is 1. The zero-order valence-corrected chi connectivity index (χ0v) is 18.2. The number of nitrogens with zero attached hydrogens (tertiary/aromatic N) is 1. The van der Waals surface area contributed by atoms with E-state index in [1.165, 1.54) is 11.8 Å². The van der Waals surface area contributed by atoms with Gasteiger partial charge in [-0.15, -0.1) is 0 Å². The smallest absolute Gasteiger partial charge is 0.264 e. The van der Waals surface area contributed by atoms with Gasteiger partial charge in [0, 0.05) is 11.6 Å². The third-order valence-corrected chi connectivity index (χ3v) is 6.28. The van der Waals surface area contributed by atoms with E-state index in [2.05, 4.69) is 10.3 Å². The van der Waals surface area contributed by atoms with Crippen molar-refractivity contribution in [2.24, 2.45) is 4.99 Å². The molecule has 1 aliphatic heterocycles. The zero-order valence-electron chi connectivity index (χ0n) is 14.4. The number of rotatable bonds is 3. The van der Waals surface area contributed by atoms with Gasteiger partial charge in [-0.05, 0) is 60.3 Å². The van der Waals surface area contributed by atoms with Crippen molar-refractivity contribution >= 4 is 81.0 Å². The standard InChI is InChI=1S/C20H10Cl4N2O2S/c21-13-4-1-10(7-15(13)23)17-6-3-12(28-17)9-18-19(27)26-20(29-18)25-11-2-5-14(22)16(24)8-11/h1-9H,(H,25,26,27)/b18-9+. The first-order valence-electron chi connectivity index (χ1n) is 8.19. The summed E-state index contributed by atoms with van der Waals surface area (Å²) in [5, 5.41) is 4.90. The third-order valence-electron chi connectivity index (χ3n) is 3.89. The first-order chi connectivity index (χ1) is 13.9. The van der Waals surface area contributed by atoms with E-state index >= 15 is 0 Å². The number of hydrogen-bond donors (Lipinski definition) is 1. The lowest BCUT2D eigenvalue weighted by molar-refractivity contribution is -0.115. The van der Waals surface area contributed by atoms with Gasteiger partial charge >= 0.3 is 0 Å². The molecule has 0 radical (unpaired) electrons. The van der Waals surface area contributed by atoms with Crippen LogP contribution in [0.4, 0.5) is 5.69 Å². The lowest BCUT2D eigenvalue weighted by Gasteiger charge is -1.99. The molecule has 0 saturated carbocycles. The molecule has 0 spiro atoms. The molecule has 0 bridgehead atoms. The Morgan fingerprint density at radius 3 is 2.34 bits per heavy atom. The summed E-state index contributed by atoms with van der Waals surface area (Å²) in [4.78, 5) is 17.1. The Morgan fingerprint density at radius 1 is 0.897 bits per heavy atom. The summed E-state index contributed by atoms with van der Waals surface area (Å²) >= 11 is 25.1. The molecule has 0 atom stereocenters. The molecule has 3 aromatic rings. The minimum Gasteiger partial charge on any atom is -0.457 e. The average Bonchev–Trinajstić information content (AvgIpc) is 3.28. The van der Waals surface area contributed by atoms with Crippen LogP contribution in [0.1, 0.15) is 5.76 Å². The summed E-state index contributed by atoms with van der Waals surface area (Å²) in [5.41, 5.74) is 1.37. The molecule has 9 heteroatoms. The number of furan rings is 1. The molecule has 2 heterocycles. The predicted molar refractivity (Wildman–Crippen MR) is 121 cm³/mol. The molecule has 2 aromatic carbocycles. The van der Waals surface area contributed by atoms with Crippen molar-refractivity contribution in [2.75, 3.05) is 0 Å². The van der Waals surface area contributed by atoms with E-state index in [-0.39, 0.29) is 5.91 Å². The molecule has 1 saturated heterocycles. The monoisotopic (exact) mass is 482 g/mol. The highest BCUT2D eigenvalue weighted by atomic mass is 35.5. The van der Waals surface area contributed by atoms with Crippen LogP contribution in [0.25, 0.3) is 17.4 Å². The molecule has 1 N–H and O–H groups in total. The van der Waals surface area contributed by atoms with Crippen molar-refractivity contribution < 1.29 is 9.21 Å². The van der Waals surface area contributed by atoms with E-state index in [1.54, 1.807) is 48.5 Å². The van der Waals surface area contributed by atoms with Gasteiger partial charge < -0.3 is 9.73 Å². The number of nitrogens with one attached hydrogen (secondary N) is 1. The summed E-state index contributed by atoms with van der Waals surface area (Å²) < 4.78 is 5.81. The number of hydrogen-bond acceptors (Lipinski definition) is 4. The fourth-order valence-corrected chi connectivity index (χ4v) is 3.93. The predicted octanol–water partition coefficient (Wildman–Crippen LogP) is 7.45. The van der Waals surface area contributed by atoms with Gasteiger partial charge in [0.2, 0.25) is 0 Å². The molecule has 146 valence electrons. The molecule has 29 heavy (non-hydrogen) atoms. The Kier molecular flexibility index (Phi) is 5.95. The lowest BCUT2D eigenvalue weighted by atomic mass is 10.2. The first-order valence-corrected chi connectivity index (χ1v) is 10.5. The van der Waals surface area contributed by atoms with Crippen molar-refractivity contribution in [3.8, 4) is 11.3 Å². The summed E-state index contributed by atoms with van der Waals surface area (Å²) in [6.45, 7) is 0. The number of carbonyl (C=O) groups is 1. The molecule has 0 aliphatic carbocycles. The van der Waals surface area contributed by atoms with Crippen LogP contribution < -0.4 is 5.32 Å². The van der Waals surface area contributed by atoms with Crippen molar-refractivity contribution in [2.45, 2.75) is 0 Å². The van der Waals surface area contributed by atoms with Gasteiger partial charge in [0.1, 0.15) is 11.5 Å². The van der Waals surface area contributed by atoms with Crippen LogP contribution >= 0.6 is 58.2 Å². The highest BCUT2D eigenvalue weighted by molar-refractivity contribution is 8.18. The molecule has 4 rings (SSSR count). The summed E-state index contributed by atoms with van der Waals surface area (Å²) in [6, 6.07) is 13.8. The van der Waals surface area contributed by atoms with E-state index in [1.807, 2.05) is 6.07 Å². The maximum Gasteiger partial charge on any atom is 0.264 e. The number of benzene rings is 2. The Labute approximate surface area is 190 Å². The number of thioether (sulfide) groups is 1. The average molecular weight is 484 g/mol. The van der Waals surface area contributed by atoms with Gasteiger partial charge in [-0.1, -0.05) is 46.4 Å². The largest absolute Gasteiger partial charge is 0.457 e. The van der Waals surface area contributed by atoms with E-state index < -0.39 is 0 Å². The maximum absolute atomic E-state index is 12.3. The van der Waals surface area contributed by atoms with Crippen LogP contribution in [0, 0.1) is 0 Å². The van der Waals surface area contributed by atoms with Crippen molar-refractivity contribution in [3.63, 3.8) is 0 Å². The normalized spacial score (nSPS) is 16.6. The van der Waals surface area contributed by atoms with Crippen LogP contribution in [0.2, 0.25) is 20.1 Å². The van der Waals surface area contributed by atoms with E-state index in [0.717, 1.165) is 5.56 Å². The molecule has 1 aromatic heterocycles. The van der Waals surface area contributed by atoms with E-state index in [0.29, 0.717) is 47.4 Å². The van der Waals surface area contributed by atoms with Crippen LogP contribution in [0.15, 0.2) is 62.8 Å². The van der Waals surface area contributed by atoms with Gasteiger partial charge in [0.05, 0.1) is 30.7 Å². The number of aliphatic imine (C=N–C) groups is 1. The lowest BCUT2D eigenvalue weighted by Crippen LogP contribution is -2.19. The van der Waals surface area contributed by atoms with Crippen LogP contribution in [0.3, 0.4) is 0 Å². The van der Waals surface area contributed by atoms with Crippen molar-refractivity contribution in [1.82, 2.24) is 5.32 Å². The van der Waals surface area contributed by atoms with Crippen LogP contribution in [-0.2, 0) is 4.79 Å². The second kappa shape index (κ2) is 8.46. The Balaban J connectivity index is 1.55. The number of amides is 1. The molecule has 0 unspecified atom stereocenters. The Bertz CT molecular complexity index is 1190. The molecular formula is C20H10Cl4N2O2S. The highest BCUT2D eigenvalue weighted by Crippen LogP contribution is 2.33. The highest BCUT2D eigenvalue weighted by Gasteiger charge is 2.24. The van der Waals surface area contributed by atoms with Gasteiger partial charge in [-0.3, -0.25) is 4.79 Å². The van der Waals surface area contributed by atoms with E-state index in [4.69, 9.17) is 50.8 Å². The summed E-state index contributed by atoms with van der Waals surface area (Å²) in [6.07, 6.45) is 1.65. The second-order valence-corrected chi connectivity index (χ2v) is 8.57. The van der Waals surface area contributed by atoms with Crippen LogP contribution in [-0.4, -0.2) is 11.1 Å².